The highest BCUT2D eigenvalue weighted by molar-refractivity contribution is 5.91. The number of nitrogens with one attached hydrogen (secondary N) is 1. The molecule has 1 saturated carbocycles. The Morgan fingerprint density at radius 2 is 1.33 bits per heavy atom. The van der Waals surface area contributed by atoms with Crippen LogP contribution >= 0.6 is 0 Å². The number of carbonyl (C=O) groups excluding carboxylic acids is 1. The summed E-state index contributed by atoms with van der Waals surface area (Å²) in [6.45, 7) is 13.0. The maximum atomic E-state index is 14.3. The second kappa shape index (κ2) is 14.4. The second-order valence-corrected chi connectivity index (χ2v) is 13.3. The molecule has 1 aliphatic carbocycles. The van der Waals surface area contributed by atoms with E-state index in [-0.39, 0.29) is 6.03 Å². The molecular formula is C38H51N3O. The van der Waals surface area contributed by atoms with Gasteiger partial charge in [-0.2, -0.15) is 0 Å². The molecule has 2 amide bonds. The van der Waals surface area contributed by atoms with E-state index >= 15 is 0 Å². The molecule has 1 saturated heterocycles. The van der Waals surface area contributed by atoms with Crippen molar-refractivity contribution in [2.45, 2.75) is 96.6 Å². The summed E-state index contributed by atoms with van der Waals surface area (Å²) in [5.41, 5.74) is 6.34. The molecule has 0 radical (unpaired) electrons. The monoisotopic (exact) mass is 565 g/mol. The van der Waals surface area contributed by atoms with Crippen molar-refractivity contribution in [1.82, 2.24) is 9.80 Å². The summed E-state index contributed by atoms with van der Waals surface area (Å²) >= 11 is 0. The maximum absolute atomic E-state index is 14.3. The van der Waals surface area contributed by atoms with Crippen molar-refractivity contribution in [2.75, 3.05) is 25.0 Å². The molecule has 0 atom stereocenters. The number of piperidine rings is 1. The molecule has 0 aromatic heterocycles. The summed E-state index contributed by atoms with van der Waals surface area (Å²) in [7, 11) is 0. The Hall–Kier alpha value is -3.11. The first kappa shape index (κ1) is 30.4. The van der Waals surface area contributed by atoms with Gasteiger partial charge in [0.25, 0.3) is 0 Å². The maximum Gasteiger partial charge on any atom is 0.322 e. The fourth-order valence-corrected chi connectivity index (χ4v) is 7.16. The van der Waals surface area contributed by atoms with E-state index in [1.165, 1.54) is 22.3 Å². The number of hydrogen-bond acceptors (Lipinski definition) is 2. The number of nitrogens with zero attached hydrogens (tertiary/aromatic N) is 2. The molecule has 3 aromatic rings. The van der Waals surface area contributed by atoms with Crippen LogP contribution in [0.25, 0.3) is 0 Å². The number of amides is 2. The normalized spacial score (nSPS) is 20.1. The third-order valence-corrected chi connectivity index (χ3v) is 9.69. The Bertz CT molecular complexity index is 1230. The number of anilines is 1. The molecule has 4 heteroatoms. The lowest BCUT2D eigenvalue weighted by molar-refractivity contribution is 0.116. The van der Waals surface area contributed by atoms with Gasteiger partial charge in [-0.25, -0.2) is 4.79 Å². The molecule has 0 spiro atoms. The average molecular weight is 566 g/mol. The van der Waals surface area contributed by atoms with E-state index in [1.807, 2.05) is 0 Å². The van der Waals surface area contributed by atoms with Crippen LogP contribution in [0.1, 0.15) is 106 Å². The van der Waals surface area contributed by atoms with E-state index in [1.54, 1.807) is 0 Å². The van der Waals surface area contributed by atoms with Gasteiger partial charge >= 0.3 is 6.03 Å². The van der Waals surface area contributed by atoms with Gasteiger partial charge in [-0.15, -0.1) is 0 Å². The molecule has 1 N–H and O–H groups in total. The number of rotatable bonds is 9. The van der Waals surface area contributed by atoms with Crippen LogP contribution in [0, 0.1) is 5.92 Å². The second-order valence-electron chi connectivity index (χ2n) is 13.3. The Kier molecular flexibility index (Phi) is 10.4. The largest absolute Gasteiger partial charge is 0.322 e. The quantitative estimate of drug-likeness (QED) is 0.280. The van der Waals surface area contributed by atoms with Crippen LogP contribution in [0.15, 0.2) is 78.9 Å². The molecule has 3 aromatic carbocycles. The fraction of sp³-hybridized carbons (Fsp3) is 0.500. The van der Waals surface area contributed by atoms with Crippen molar-refractivity contribution < 1.29 is 4.79 Å². The molecular weight excluding hydrogens is 514 g/mol. The molecule has 2 aliphatic rings. The molecule has 2 fully saturated rings. The predicted octanol–water partition coefficient (Wildman–Crippen LogP) is 9.41. The number of benzene rings is 3. The SMILES string of the molecule is CC(C)c1cccc(C(C)C)c1NC(=O)N(CC1CCN(Cc2ccccc2)CC1)C1CCC(c2ccccc2)CC1. The first-order chi connectivity index (χ1) is 20.4. The highest BCUT2D eigenvalue weighted by Gasteiger charge is 2.33. The minimum absolute atomic E-state index is 0.0971. The molecule has 0 bridgehead atoms. The molecule has 1 aliphatic heterocycles. The lowest BCUT2D eigenvalue weighted by Crippen LogP contribution is -2.48. The summed E-state index contributed by atoms with van der Waals surface area (Å²) in [6, 6.07) is 28.7. The molecule has 1 heterocycles. The van der Waals surface area contributed by atoms with Gasteiger partial charge in [-0.05, 0) is 97.5 Å². The van der Waals surface area contributed by atoms with Crippen LogP contribution < -0.4 is 5.32 Å². The lowest BCUT2D eigenvalue weighted by atomic mass is 9.81. The smallest absolute Gasteiger partial charge is 0.321 e. The van der Waals surface area contributed by atoms with Crippen LogP contribution in [0.5, 0.6) is 0 Å². The molecule has 5 rings (SSSR count). The van der Waals surface area contributed by atoms with Crippen LogP contribution in [0.2, 0.25) is 0 Å². The van der Waals surface area contributed by atoms with Crippen LogP contribution in [0.3, 0.4) is 0 Å². The highest BCUT2D eigenvalue weighted by Crippen LogP contribution is 2.37. The summed E-state index contributed by atoms with van der Waals surface area (Å²) in [6.07, 6.45) is 6.73. The molecule has 42 heavy (non-hydrogen) atoms. The number of para-hydroxylation sites is 1. The van der Waals surface area contributed by atoms with Gasteiger partial charge in [-0.1, -0.05) is 107 Å². The van der Waals surface area contributed by atoms with Crippen molar-refractivity contribution in [1.29, 1.82) is 0 Å². The number of carbonyl (C=O) groups is 1. The molecule has 0 unspecified atom stereocenters. The van der Waals surface area contributed by atoms with E-state index < -0.39 is 0 Å². The highest BCUT2D eigenvalue weighted by atomic mass is 16.2. The Morgan fingerprint density at radius 1 is 0.762 bits per heavy atom. The van der Waals surface area contributed by atoms with Gasteiger partial charge in [0.1, 0.15) is 0 Å². The first-order valence-corrected chi connectivity index (χ1v) is 16.4. The van der Waals surface area contributed by atoms with Crippen LogP contribution in [0.4, 0.5) is 10.5 Å². The minimum Gasteiger partial charge on any atom is -0.321 e. The standard InChI is InChI=1S/C38H51N3O/c1-28(2)35-16-11-17-36(29(3)4)37(35)39-38(42)41(34-20-18-33(19-21-34)32-14-9-6-10-15-32)27-31-22-24-40(25-23-31)26-30-12-7-5-8-13-30/h5-17,28-29,31,33-34H,18-27H2,1-4H3,(H,39,42). The Morgan fingerprint density at radius 3 is 1.90 bits per heavy atom. The third kappa shape index (κ3) is 7.64. The van der Waals surface area contributed by atoms with Gasteiger partial charge in [-0.3, -0.25) is 4.90 Å². The molecule has 224 valence electrons. The average Bonchev–Trinajstić information content (AvgIpc) is 3.01. The zero-order chi connectivity index (χ0) is 29.5. The van der Waals surface area contributed by atoms with Crippen molar-refractivity contribution in [3.63, 3.8) is 0 Å². The number of hydrogen-bond donors (Lipinski definition) is 1. The minimum atomic E-state index is 0.0971. The summed E-state index contributed by atoms with van der Waals surface area (Å²) in [4.78, 5) is 19.1. The van der Waals surface area contributed by atoms with Crippen molar-refractivity contribution in [3.05, 3.63) is 101 Å². The summed E-state index contributed by atoms with van der Waals surface area (Å²) < 4.78 is 0. The molecule has 4 nitrogen and oxygen atoms in total. The van der Waals surface area contributed by atoms with Gasteiger partial charge in [0, 0.05) is 24.8 Å². The predicted molar refractivity (Wildman–Crippen MR) is 176 cm³/mol. The van der Waals surface area contributed by atoms with E-state index in [9.17, 15) is 4.79 Å². The van der Waals surface area contributed by atoms with E-state index in [4.69, 9.17) is 0 Å². The van der Waals surface area contributed by atoms with Crippen molar-refractivity contribution in [2.24, 2.45) is 5.92 Å². The third-order valence-electron chi connectivity index (χ3n) is 9.69. The summed E-state index contributed by atoms with van der Waals surface area (Å²) in [5.74, 6) is 1.84. The lowest BCUT2D eigenvalue weighted by Gasteiger charge is -2.41. The Labute approximate surface area is 254 Å². The zero-order valence-corrected chi connectivity index (χ0v) is 26.3. The Balaban J connectivity index is 1.30. The van der Waals surface area contributed by atoms with Gasteiger partial charge in [0.15, 0.2) is 0 Å². The van der Waals surface area contributed by atoms with E-state index in [0.29, 0.717) is 29.7 Å². The van der Waals surface area contributed by atoms with E-state index in [0.717, 1.165) is 70.4 Å². The van der Waals surface area contributed by atoms with Crippen molar-refractivity contribution in [3.8, 4) is 0 Å². The van der Waals surface area contributed by atoms with Gasteiger partial charge in [0.2, 0.25) is 0 Å². The van der Waals surface area contributed by atoms with Crippen molar-refractivity contribution >= 4 is 11.7 Å². The fourth-order valence-electron chi connectivity index (χ4n) is 7.16. The number of urea groups is 1. The van der Waals surface area contributed by atoms with Crippen LogP contribution in [-0.2, 0) is 6.54 Å². The zero-order valence-electron chi connectivity index (χ0n) is 26.3. The van der Waals surface area contributed by atoms with Gasteiger partial charge < -0.3 is 10.2 Å². The van der Waals surface area contributed by atoms with E-state index in [2.05, 4.69) is 122 Å². The van der Waals surface area contributed by atoms with Crippen LogP contribution in [-0.4, -0.2) is 41.5 Å². The summed E-state index contributed by atoms with van der Waals surface area (Å²) in [5, 5.41) is 3.49. The number of likely N-dealkylation sites (tertiary alicyclic amines) is 1. The first-order valence-electron chi connectivity index (χ1n) is 16.4. The van der Waals surface area contributed by atoms with Gasteiger partial charge in [0.05, 0.1) is 0 Å². The topological polar surface area (TPSA) is 35.6 Å².